The van der Waals surface area contributed by atoms with Crippen LogP contribution in [0, 0.1) is 10.5 Å². The summed E-state index contributed by atoms with van der Waals surface area (Å²) in [6, 6.07) is 12.0. The number of carbonyl (C=O) groups excluding carboxylic acids is 1. The van der Waals surface area contributed by atoms with Gasteiger partial charge in [-0.2, -0.15) is 0 Å². The Hall–Kier alpha value is -2.35. The quantitative estimate of drug-likeness (QED) is 0.338. The van der Waals surface area contributed by atoms with Gasteiger partial charge in [-0.25, -0.2) is 4.79 Å². The number of rotatable bonds is 6. The molecule has 0 atom stereocenters. The van der Waals surface area contributed by atoms with Gasteiger partial charge in [0.05, 0.1) is 21.5 Å². The van der Waals surface area contributed by atoms with E-state index in [-0.39, 0.29) is 0 Å². The molecule has 0 N–H and O–H groups in total. The van der Waals surface area contributed by atoms with Gasteiger partial charge in [0.1, 0.15) is 6.61 Å². The van der Waals surface area contributed by atoms with Crippen LogP contribution < -0.4 is 9.47 Å². The molecule has 0 saturated carbocycles. The van der Waals surface area contributed by atoms with E-state index in [2.05, 4.69) is 58.9 Å². The number of ether oxygens (including phenoxy) is 2. The van der Waals surface area contributed by atoms with Crippen LogP contribution in [0.3, 0.4) is 0 Å². The maximum absolute atomic E-state index is 11.8. The molecule has 3 rings (SSSR count). The van der Waals surface area contributed by atoms with E-state index in [0.29, 0.717) is 36.0 Å². The van der Waals surface area contributed by atoms with Crippen LogP contribution in [0.4, 0.5) is 0 Å². The molecule has 0 aliphatic carbocycles. The SMILES string of the molecule is CCOc1cc(/C=C2/C(=O)ON=C2C)cc(I)c1OCc1ccc(C)cc1. The Balaban J connectivity index is 1.88. The highest BCUT2D eigenvalue weighted by Gasteiger charge is 2.22. The highest BCUT2D eigenvalue weighted by Crippen LogP contribution is 2.35. The number of aryl methyl sites for hydroxylation is 1. The summed E-state index contributed by atoms with van der Waals surface area (Å²) in [5.41, 5.74) is 4.14. The molecule has 0 radical (unpaired) electrons. The topological polar surface area (TPSA) is 57.1 Å². The minimum atomic E-state index is -0.444. The molecule has 0 fully saturated rings. The van der Waals surface area contributed by atoms with Crippen LogP contribution in [-0.4, -0.2) is 18.3 Å². The Bertz CT molecular complexity index is 917. The maximum atomic E-state index is 11.8. The molecule has 2 aromatic carbocycles. The fourth-order valence-corrected chi connectivity index (χ4v) is 3.38. The summed E-state index contributed by atoms with van der Waals surface area (Å²) in [7, 11) is 0. The number of oxime groups is 1. The Labute approximate surface area is 172 Å². The molecule has 1 aliphatic rings. The fourth-order valence-electron chi connectivity index (χ4n) is 2.60. The standard InChI is InChI=1S/C21H20INO4/c1-4-25-19-11-16(9-17-14(3)23-27-21(17)24)10-18(22)20(19)26-12-15-7-5-13(2)6-8-15/h5-11H,4,12H2,1-3H3/b17-9+. The monoisotopic (exact) mass is 477 g/mol. The predicted molar refractivity (Wildman–Crippen MR) is 113 cm³/mol. The van der Waals surface area contributed by atoms with Crippen molar-refractivity contribution in [3.8, 4) is 11.5 Å². The van der Waals surface area contributed by atoms with Crippen molar-refractivity contribution < 1.29 is 19.1 Å². The molecule has 6 heteroatoms. The zero-order valence-corrected chi connectivity index (χ0v) is 17.6. The largest absolute Gasteiger partial charge is 0.490 e. The van der Waals surface area contributed by atoms with Crippen LogP contribution in [0.25, 0.3) is 6.08 Å². The van der Waals surface area contributed by atoms with Crippen molar-refractivity contribution in [3.63, 3.8) is 0 Å². The third-order valence-corrected chi connectivity index (χ3v) is 4.82. The van der Waals surface area contributed by atoms with Crippen molar-refractivity contribution in [3.05, 3.63) is 62.2 Å². The van der Waals surface area contributed by atoms with Crippen LogP contribution in [0.5, 0.6) is 11.5 Å². The van der Waals surface area contributed by atoms with Crippen molar-refractivity contribution in [2.75, 3.05) is 6.61 Å². The molecular weight excluding hydrogens is 457 g/mol. The van der Waals surface area contributed by atoms with E-state index in [1.54, 1.807) is 13.0 Å². The second-order valence-electron chi connectivity index (χ2n) is 6.15. The van der Waals surface area contributed by atoms with Crippen molar-refractivity contribution in [1.29, 1.82) is 0 Å². The molecule has 2 aromatic rings. The van der Waals surface area contributed by atoms with Crippen LogP contribution in [0.2, 0.25) is 0 Å². The van der Waals surface area contributed by atoms with E-state index < -0.39 is 5.97 Å². The smallest absolute Gasteiger partial charge is 0.367 e. The number of hydrogen-bond donors (Lipinski definition) is 0. The average molecular weight is 477 g/mol. The summed E-state index contributed by atoms with van der Waals surface area (Å²) in [5, 5.41) is 3.70. The zero-order valence-electron chi connectivity index (χ0n) is 15.4. The number of carbonyl (C=O) groups is 1. The van der Waals surface area contributed by atoms with E-state index >= 15 is 0 Å². The molecule has 0 saturated heterocycles. The van der Waals surface area contributed by atoms with E-state index in [1.807, 2.05) is 19.1 Å². The molecule has 1 aliphatic heterocycles. The van der Waals surface area contributed by atoms with Gasteiger partial charge in [-0.3, -0.25) is 0 Å². The van der Waals surface area contributed by atoms with Gasteiger partial charge in [-0.1, -0.05) is 35.0 Å². The number of hydrogen-bond acceptors (Lipinski definition) is 5. The average Bonchev–Trinajstić information content (AvgIpc) is 2.95. The lowest BCUT2D eigenvalue weighted by Crippen LogP contribution is -2.04. The summed E-state index contributed by atoms with van der Waals surface area (Å²) in [4.78, 5) is 16.5. The molecule has 27 heavy (non-hydrogen) atoms. The number of benzene rings is 2. The number of nitrogens with zero attached hydrogens (tertiary/aromatic N) is 1. The van der Waals surface area contributed by atoms with Gasteiger partial charge < -0.3 is 14.3 Å². The Kier molecular flexibility index (Phi) is 6.15. The normalized spacial score (nSPS) is 14.9. The lowest BCUT2D eigenvalue weighted by molar-refractivity contribution is -0.136. The van der Waals surface area contributed by atoms with Crippen molar-refractivity contribution in [2.45, 2.75) is 27.4 Å². The van der Waals surface area contributed by atoms with E-state index in [4.69, 9.17) is 14.3 Å². The van der Waals surface area contributed by atoms with Gasteiger partial charge in [0.25, 0.3) is 0 Å². The van der Waals surface area contributed by atoms with E-state index in [0.717, 1.165) is 14.7 Å². The van der Waals surface area contributed by atoms with Gasteiger partial charge >= 0.3 is 5.97 Å². The van der Waals surface area contributed by atoms with Crippen LogP contribution >= 0.6 is 22.6 Å². The zero-order chi connectivity index (χ0) is 19.4. The molecular formula is C21H20INO4. The first-order valence-corrected chi connectivity index (χ1v) is 9.68. The van der Waals surface area contributed by atoms with Gasteiger partial charge in [0.2, 0.25) is 0 Å². The molecule has 0 amide bonds. The molecule has 0 aromatic heterocycles. The first-order chi connectivity index (χ1) is 13.0. The summed E-state index contributed by atoms with van der Waals surface area (Å²) in [5.74, 6) is 0.893. The minimum Gasteiger partial charge on any atom is -0.490 e. The van der Waals surface area contributed by atoms with Gasteiger partial charge in [-0.05, 0) is 72.7 Å². The molecule has 5 nitrogen and oxygen atoms in total. The second kappa shape index (κ2) is 8.56. The van der Waals surface area contributed by atoms with E-state index in [1.165, 1.54) is 5.56 Å². The number of halogens is 1. The van der Waals surface area contributed by atoms with Crippen molar-refractivity contribution in [2.24, 2.45) is 5.16 Å². The van der Waals surface area contributed by atoms with Gasteiger partial charge in [0, 0.05) is 0 Å². The highest BCUT2D eigenvalue weighted by atomic mass is 127. The predicted octanol–water partition coefficient (Wildman–Crippen LogP) is 4.89. The first-order valence-electron chi connectivity index (χ1n) is 8.60. The van der Waals surface area contributed by atoms with Crippen LogP contribution in [-0.2, 0) is 16.2 Å². The first kappa shape index (κ1) is 19.4. The summed E-state index contributed by atoms with van der Waals surface area (Å²) >= 11 is 2.22. The highest BCUT2D eigenvalue weighted by molar-refractivity contribution is 14.1. The van der Waals surface area contributed by atoms with Gasteiger partial charge in [0.15, 0.2) is 11.5 Å². The summed E-state index contributed by atoms with van der Waals surface area (Å²) in [6.07, 6.45) is 1.75. The third kappa shape index (κ3) is 4.68. The Morgan fingerprint density at radius 1 is 1.15 bits per heavy atom. The lowest BCUT2D eigenvalue weighted by Gasteiger charge is -2.15. The lowest BCUT2D eigenvalue weighted by atomic mass is 10.1. The van der Waals surface area contributed by atoms with Gasteiger partial charge in [-0.15, -0.1) is 0 Å². The Morgan fingerprint density at radius 3 is 2.52 bits per heavy atom. The third-order valence-electron chi connectivity index (χ3n) is 4.02. The second-order valence-corrected chi connectivity index (χ2v) is 7.31. The molecule has 140 valence electrons. The minimum absolute atomic E-state index is 0.444. The Morgan fingerprint density at radius 2 is 1.89 bits per heavy atom. The van der Waals surface area contributed by atoms with Crippen LogP contribution in [0.1, 0.15) is 30.5 Å². The molecule has 1 heterocycles. The summed E-state index contributed by atoms with van der Waals surface area (Å²) < 4.78 is 12.7. The van der Waals surface area contributed by atoms with Crippen molar-refractivity contribution >= 4 is 40.3 Å². The molecule has 0 spiro atoms. The van der Waals surface area contributed by atoms with Crippen LogP contribution in [0.15, 0.2) is 47.1 Å². The molecule has 0 bridgehead atoms. The van der Waals surface area contributed by atoms with Crippen molar-refractivity contribution in [1.82, 2.24) is 0 Å². The fraction of sp³-hybridized carbons (Fsp3) is 0.238. The maximum Gasteiger partial charge on any atom is 0.367 e. The van der Waals surface area contributed by atoms with E-state index in [9.17, 15) is 4.79 Å². The molecule has 0 unspecified atom stereocenters. The summed E-state index contributed by atoms with van der Waals surface area (Å²) in [6.45, 7) is 6.69.